The molecule has 142 valence electrons. The van der Waals surface area contributed by atoms with E-state index >= 15 is 0 Å². The van der Waals surface area contributed by atoms with E-state index in [0.29, 0.717) is 11.3 Å². The van der Waals surface area contributed by atoms with Crippen LogP contribution in [-0.4, -0.2) is 25.1 Å². The van der Waals surface area contributed by atoms with E-state index in [4.69, 9.17) is 4.74 Å². The molecule has 3 rings (SSSR count). The zero-order valence-electron chi connectivity index (χ0n) is 15.9. The van der Waals surface area contributed by atoms with E-state index in [1.807, 2.05) is 48.9 Å². The molecule has 0 bridgehead atoms. The minimum Gasteiger partial charge on any atom is -0.496 e. The number of rotatable bonds is 6. The summed E-state index contributed by atoms with van der Waals surface area (Å²) in [5.41, 5.74) is 3.37. The van der Waals surface area contributed by atoms with Gasteiger partial charge in [0.2, 0.25) is 10.0 Å². The second-order valence-corrected chi connectivity index (χ2v) is 8.09. The number of benzene rings is 2. The van der Waals surface area contributed by atoms with E-state index in [9.17, 15) is 8.42 Å². The average Bonchev–Trinajstić information content (AvgIpc) is 3.08. The monoisotopic (exact) mass is 385 g/mol. The van der Waals surface area contributed by atoms with Crippen LogP contribution >= 0.6 is 0 Å². The highest BCUT2D eigenvalue weighted by Crippen LogP contribution is 2.26. The Bertz CT molecular complexity index is 1050. The number of hydrogen-bond acceptors (Lipinski definition) is 4. The summed E-state index contributed by atoms with van der Waals surface area (Å²) < 4.78 is 35.3. The van der Waals surface area contributed by atoms with Crippen LogP contribution in [0.15, 0.2) is 53.7 Å². The van der Waals surface area contributed by atoms with Gasteiger partial charge in [-0.1, -0.05) is 12.1 Å². The third-order valence-corrected chi connectivity index (χ3v) is 6.25. The number of aromatic nitrogens is 2. The fourth-order valence-electron chi connectivity index (χ4n) is 2.96. The summed E-state index contributed by atoms with van der Waals surface area (Å²) in [5, 5.41) is 0. The number of methoxy groups -OCH3 is 1. The van der Waals surface area contributed by atoms with Crippen LogP contribution < -0.4 is 9.46 Å². The fourth-order valence-corrected chi connectivity index (χ4v) is 4.28. The van der Waals surface area contributed by atoms with Crippen LogP contribution in [0.3, 0.4) is 0 Å². The molecule has 1 N–H and O–H groups in total. The van der Waals surface area contributed by atoms with Gasteiger partial charge < -0.3 is 9.30 Å². The lowest BCUT2D eigenvalue weighted by atomic mass is 10.1. The smallest absolute Gasteiger partial charge is 0.241 e. The molecule has 0 unspecified atom stereocenters. The molecule has 0 aliphatic rings. The molecule has 0 atom stereocenters. The van der Waals surface area contributed by atoms with Crippen LogP contribution in [0, 0.1) is 20.8 Å². The van der Waals surface area contributed by atoms with Gasteiger partial charge >= 0.3 is 0 Å². The first kappa shape index (κ1) is 19.1. The number of ether oxygens (including phenoxy) is 1. The number of hydrogen-bond donors (Lipinski definition) is 1. The molecule has 27 heavy (non-hydrogen) atoms. The van der Waals surface area contributed by atoms with Crippen molar-refractivity contribution in [2.75, 3.05) is 7.11 Å². The number of nitrogens with zero attached hydrogens (tertiary/aromatic N) is 2. The van der Waals surface area contributed by atoms with Gasteiger partial charge in [0.1, 0.15) is 11.6 Å². The van der Waals surface area contributed by atoms with Crippen LogP contribution in [0.1, 0.15) is 22.5 Å². The normalized spacial score (nSPS) is 11.6. The van der Waals surface area contributed by atoms with Gasteiger partial charge in [0.15, 0.2) is 0 Å². The molecule has 0 fully saturated rings. The second kappa shape index (κ2) is 7.54. The number of sulfonamides is 1. The minimum atomic E-state index is -3.62. The third kappa shape index (κ3) is 3.89. The predicted octanol–water partition coefficient (Wildman–Crippen LogP) is 3.28. The lowest BCUT2D eigenvalue weighted by molar-refractivity contribution is 0.410. The van der Waals surface area contributed by atoms with Crippen molar-refractivity contribution in [1.29, 1.82) is 0 Å². The van der Waals surface area contributed by atoms with E-state index in [-0.39, 0.29) is 11.4 Å². The Kier molecular flexibility index (Phi) is 5.34. The SMILES string of the molecule is COc1ccc(S(=O)(=O)NCc2ccc(-n3ccnc3C)cc2)c(C)c1C. The van der Waals surface area contributed by atoms with Crippen LogP contribution in [-0.2, 0) is 16.6 Å². The molecule has 7 heteroatoms. The molecule has 1 heterocycles. The number of imidazole rings is 1. The molecule has 0 aliphatic carbocycles. The molecule has 0 saturated heterocycles. The highest BCUT2D eigenvalue weighted by molar-refractivity contribution is 7.89. The summed E-state index contributed by atoms with van der Waals surface area (Å²) in [7, 11) is -2.04. The topological polar surface area (TPSA) is 73.2 Å². The Morgan fingerprint density at radius 2 is 1.74 bits per heavy atom. The van der Waals surface area contributed by atoms with Gasteiger partial charge in [0.25, 0.3) is 0 Å². The van der Waals surface area contributed by atoms with Gasteiger partial charge in [0, 0.05) is 24.6 Å². The van der Waals surface area contributed by atoms with Gasteiger partial charge in [-0.25, -0.2) is 18.1 Å². The minimum absolute atomic E-state index is 0.218. The summed E-state index contributed by atoms with van der Waals surface area (Å²) in [6, 6.07) is 11.0. The van der Waals surface area contributed by atoms with Gasteiger partial charge in [-0.3, -0.25) is 0 Å². The molecular formula is C20H23N3O3S. The molecule has 0 saturated carbocycles. The Hall–Kier alpha value is -2.64. The molecular weight excluding hydrogens is 362 g/mol. The molecule has 3 aromatic rings. The standard InChI is InChI=1S/C20H23N3O3S/c1-14-15(2)20(10-9-19(14)26-4)27(24,25)22-13-17-5-7-18(8-6-17)23-12-11-21-16(23)3/h5-12,22H,13H2,1-4H3. The van der Waals surface area contributed by atoms with Crippen molar-refractivity contribution < 1.29 is 13.2 Å². The Morgan fingerprint density at radius 1 is 1.04 bits per heavy atom. The summed E-state index contributed by atoms with van der Waals surface area (Å²) in [5.74, 6) is 1.57. The zero-order valence-corrected chi connectivity index (χ0v) is 16.7. The molecule has 2 aromatic carbocycles. The van der Waals surface area contributed by atoms with Crippen molar-refractivity contribution in [3.8, 4) is 11.4 Å². The second-order valence-electron chi connectivity index (χ2n) is 6.35. The van der Waals surface area contributed by atoms with Gasteiger partial charge in [-0.15, -0.1) is 0 Å². The van der Waals surface area contributed by atoms with Crippen molar-refractivity contribution in [2.24, 2.45) is 0 Å². The van der Waals surface area contributed by atoms with Crippen LogP contribution in [0.5, 0.6) is 5.75 Å². The van der Waals surface area contributed by atoms with Crippen LogP contribution in [0.4, 0.5) is 0 Å². The number of aryl methyl sites for hydroxylation is 1. The first-order valence-electron chi connectivity index (χ1n) is 8.56. The third-order valence-electron chi connectivity index (χ3n) is 4.70. The summed E-state index contributed by atoms with van der Waals surface area (Å²) in [6.45, 7) is 5.79. The number of nitrogens with one attached hydrogen (secondary N) is 1. The first-order valence-corrected chi connectivity index (χ1v) is 10.0. The quantitative estimate of drug-likeness (QED) is 0.707. The highest BCUT2D eigenvalue weighted by atomic mass is 32.2. The van der Waals surface area contributed by atoms with E-state index in [2.05, 4.69) is 9.71 Å². The van der Waals surface area contributed by atoms with Crippen molar-refractivity contribution in [2.45, 2.75) is 32.2 Å². The molecule has 0 radical (unpaired) electrons. The lowest BCUT2D eigenvalue weighted by Gasteiger charge is -2.14. The van der Waals surface area contributed by atoms with Crippen LogP contribution in [0.2, 0.25) is 0 Å². The molecule has 1 aromatic heterocycles. The molecule has 6 nitrogen and oxygen atoms in total. The molecule has 0 spiro atoms. The van der Waals surface area contributed by atoms with E-state index in [1.165, 1.54) is 0 Å². The fraction of sp³-hybridized carbons (Fsp3) is 0.250. The molecule has 0 aliphatic heterocycles. The summed E-state index contributed by atoms with van der Waals surface area (Å²) >= 11 is 0. The predicted molar refractivity (Wildman–Crippen MR) is 105 cm³/mol. The van der Waals surface area contributed by atoms with E-state index in [0.717, 1.165) is 22.6 Å². The maximum absolute atomic E-state index is 12.7. The highest BCUT2D eigenvalue weighted by Gasteiger charge is 2.19. The van der Waals surface area contributed by atoms with Gasteiger partial charge in [-0.2, -0.15) is 0 Å². The Morgan fingerprint density at radius 3 is 2.33 bits per heavy atom. The maximum atomic E-state index is 12.7. The van der Waals surface area contributed by atoms with Crippen molar-refractivity contribution in [3.63, 3.8) is 0 Å². The summed E-state index contributed by atoms with van der Waals surface area (Å²) in [6.07, 6.45) is 3.64. The zero-order chi connectivity index (χ0) is 19.6. The molecule has 0 amide bonds. The van der Waals surface area contributed by atoms with Crippen molar-refractivity contribution in [3.05, 3.63) is 71.3 Å². The van der Waals surface area contributed by atoms with Gasteiger partial charge in [0.05, 0.1) is 12.0 Å². The summed E-state index contributed by atoms with van der Waals surface area (Å²) in [4.78, 5) is 4.48. The van der Waals surface area contributed by atoms with Crippen molar-refractivity contribution in [1.82, 2.24) is 14.3 Å². The lowest BCUT2D eigenvalue weighted by Crippen LogP contribution is -2.24. The Balaban J connectivity index is 1.76. The van der Waals surface area contributed by atoms with E-state index in [1.54, 1.807) is 32.4 Å². The Labute approximate surface area is 159 Å². The largest absolute Gasteiger partial charge is 0.496 e. The van der Waals surface area contributed by atoms with Crippen LogP contribution in [0.25, 0.3) is 5.69 Å². The van der Waals surface area contributed by atoms with E-state index < -0.39 is 10.0 Å². The average molecular weight is 385 g/mol. The first-order chi connectivity index (χ1) is 12.8. The van der Waals surface area contributed by atoms with Gasteiger partial charge in [-0.05, 0) is 61.7 Å². The van der Waals surface area contributed by atoms with Crippen molar-refractivity contribution >= 4 is 10.0 Å². The maximum Gasteiger partial charge on any atom is 0.241 e.